The summed E-state index contributed by atoms with van der Waals surface area (Å²) in [5.41, 5.74) is 1.80. The molecule has 0 aromatic carbocycles. The third-order valence-corrected chi connectivity index (χ3v) is 1.83. The van der Waals surface area contributed by atoms with Crippen LogP contribution >= 0.6 is 0 Å². The first-order valence-corrected chi connectivity index (χ1v) is 3.68. The van der Waals surface area contributed by atoms with Gasteiger partial charge in [0.25, 0.3) is 0 Å². The van der Waals surface area contributed by atoms with Crippen LogP contribution in [-0.4, -0.2) is 9.97 Å². The molecule has 54 valence electrons. The Hall–Kier alpha value is -1.36. The molecule has 0 unspecified atom stereocenters. The van der Waals surface area contributed by atoms with Crippen molar-refractivity contribution in [2.45, 2.75) is 18.8 Å². The van der Waals surface area contributed by atoms with Crippen LogP contribution in [0.25, 0.3) is 0 Å². The summed E-state index contributed by atoms with van der Waals surface area (Å²) in [5, 5.41) is 0. The van der Waals surface area contributed by atoms with Gasteiger partial charge in [0.05, 0.1) is 0 Å². The molecule has 0 spiro atoms. The lowest BCUT2D eigenvalue weighted by molar-refractivity contribution is 0.980. The SMILES string of the molecule is C#Cc1cc(C2CC2)ncn1. The van der Waals surface area contributed by atoms with Crippen LogP contribution < -0.4 is 0 Å². The highest BCUT2D eigenvalue weighted by Gasteiger charge is 2.24. The lowest BCUT2D eigenvalue weighted by Gasteiger charge is -1.94. The van der Waals surface area contributed by atoms with Gasteiger partial charge in [-0.15, -0.1) is 6.42 Å². The summed E-state index contributed by atoms with van der Waals surface area (Å²) in [5.74, 6) is 3.16. The van der Waals surface area contributed by atoms with E-state index in [1.54, 1.807) is 6.33 Å². The Morgan fingerprint density at radius 1 is 1.45 bits per heavy atom. The normalized spacial score (nSPS) is 15.9. The first kappa shape index (κ1) is 6.36. The topological polar surface area (TPSA) is 25.8 Å². The molecule has 0 atom stereocenters. The zero-order valence-corrected chi connectivity index (χ0v) is 6.12. The maximum atomic E-state index is 5.20. The molecule has 0 aliphatic heterocycles. The maximum Gasteiger partial charge on any atom is 0.117 e. The highest BCUT2D eigenvalue weighted by atomic mass is 14.8. The van der Waals surface area contributed by atoms with Gasteiger partial charge in [-0.25, -0.2) is 9.97 Å². The van der Waals surface area contributed by atoms with E-state index in [0.717, 1.165) is 5.69 Å². The Balaban J connectivity index is 2.35. The van der Waals surface area contributed by atoms with Crippen molar-refractivity contribution in [2.75, 3.05) is 0 Å². The largest absolute Gasteiger partial charge is 0.241 e. The summed E-state index contributed by atoms with van der Waals surface area (Å²) >= 11 is 0. The second kappa shape index (κ2) is 2.35. The van der Waals surface area contributed by atoms with Crippen LogP contribution in [0.1, 0.15) is 30.1 Å². The van der Waals surface area contributed by atoms with Crippen LogP contribution in [0, 0.1) is 12.3 Å². The molecule has 0 saturated heterocycles. The first-order chi connectivity index (χ1) is 5.40. The molecule has 2 heteroatoms. The number of hydrogen-bond acceptors (Lipinski definition) is 2. The number of hydrogen-bond donors (Lipinski definition) is 0. The number of rotatable bonds is 1. The fourth-order valence-corrected chi connectivity index (χ4v) is 1.05. The third-order valence-electron chi connectivity index (χ3n) is 1.83. The third kappa shape index (κ3) is 1.22. The quantitative estimate of drug-likeness (QED) is 0.556. The minimum Gasteiger partial charge on any atom is -0.241 e. The van der Waals surface area contributed by atoms with Crippen LogP contribution in [0.4, 0.5) is 0 Å². The predicted octanol–water partition coefficient (Wildman–Crippen LogP) is 1.34. The smallest absolute Gasteiger partial charge is 0.117 e. The van der Waals surface area contributed by atoms with E-state index in [1.807, 2.05) is 6.07 Å². The lowest BCUT2D eigenvalue weighted by Crippen LogP contribution is -1.90. The summed E-state index contributed by atoms with van der Waals surface area (Å²) in [6, 6.07) is 1.90. The van der Waals surface area contributed by atoms with Crippen LogP contribution in [0.3, 0.4) is 0 Å². The highest BCUT2D eigenvalue weighted by molar-refractivity contribution is 5.27. The summed E-state index contributed by atoms with van der Waals surface area (Å²) in [6.45, 7) is 0. The second-order valence-electron chi connectivity index (χ2n) is 2.75. The number of terminal acetylenes is 1. The molecule has 1 saturated carbocycles. The van der Waals surface area contributed by atoms with E-state index < -0.39 is 0 Å². The average Bonchev–Trinajstić information content (AvgIpc) is 2.87. The molecule has 1 aromatic heterocycles. The Kier molecular flexibility index (Phi) is 1.36. The molecule has 0 amide bonds. The van der Waals surface area contributed by atoms with Gasteiger partial charge in [0, 0.05) is 11.6 Å². The zero-order chi connectivity index (χ0) is 7.68. The Morgan fingerprint density at radius 3 is 2.91 bits per heavy atom. The van der Waals surface area contributed by atoms with E-state index in [2.05, 4.69) is 15.9 Å². The van der Waals surface area contributed by atoms with Crippen LogP contribution in [0.5, 0.6) is 0 Å². The summed E-state index contributed by atoms with van der Waals surface area (Å²) in [6.07, 6.45) is 9.25. The first-order valence-electron chi connectivity index (χ1n) is 3.68. The molecule has 0 radical (unpaired) electrons. The molecule has 1 aromatic rings. The van der Waals surface area contributed by atoms with Crippen molar-refractivity contribution in [1.29, 1.82) is 0 Å². The number of aromatic nitrogens is 2. The van der Waals surface area contributed by atoms with Crippen molar-refractivity contribution >= 4 is 0 Å². The van der Waals surface area contributed by atoms with Gasteiger partial charge in [-0.2, -0.15) is 0 Å². The van der Waals surface area contributed by atoms with Crippen molar-refractivity contribution < 1.29 is 0 Å². The lowest BCUT2D eigenvalue weighted by atomic mass is 10.2. The highest BCUT2D eigenvalue weighted by Crippen LogP contribution is 2.38. The van der Waals surface area contributed by atoms with Crippen LogP contribution in [0.2, 0.25) is 0 Å². The van der Waals surface area contributed by atoms with Gasteiger partial charge >= 0.3 is 0 Å². The molecular formula is C9H8N2. The van der Waals surface area contributed by atoms with Gasteiger partial charge in [0.2, 0.25) is 0 Å². The standard InChI is InChI=1S/C9H8N2/c1-2-8-5-9(7-3-4-7)11-6-10-8/h1,5-7H,3-4H2. The van der Waals surface area contributed by atoms with Gasteiger partial charge in [-0.3, -0.25) is 0 Å². The summed E-state index contributed by atoms with van der Waals surface area (Å²) < 4.78 is 0. The van der Waals surface area contributed by atoms with Gasteiger partial charge < -0.3 is 0 Å². The fourth-order valence-electron chi connectivity index (χ4n) is 1.05. The molecule has 1 heterocycles. The molecule has 0 N–H and O–H groups in total. The molecule has 2 nitrogen and oxygen atoms in total. The van der Waals surface area contributed by atoms with Crippen molar-refractivity contribution in [3.8, 4) is 12.3 Å². The van der Waals surface area contributed by atoms with E-state index in [-0.39, 0.29) is 0 Å². The minimum atomic E-state index is 0.657. The van der Waals surface area contributed by atoms with E-state index in [4.69, 9.17) is 6.42 Å². The molecule has 1 aliphatic rings. The van der Waals surface area contributed by atoms with Crippen molar-refractivity contribution in [3.63, 3.8) is 0 Å². The molecule has 1 fully saturated rings. The van der Waals surface area contributed by atoms with E-state index in [0.29, 0.717) is 11.6 Å². The Morgan fingerprint density at radius 2 is 2.27 bits per heavy atom. The van der Waals surface area contributed by atoms with Crippen LogP contribution in [0.15, 0.2) is 12.4 Å². The summed E-state index contributed by atoms with van der Waals surface area (Å²) in [7, 11) is 0. The van der Waals surface area contributed by atoms with Crippen LogP contribution in [-0.2, 0) is 0 Å². The van der Waals surface area contributed by atoms with Gasteiger partial charge in [-0.05, 0) is 18.9 Å². The molecule has 1 aliphatic carbocycles. The molecule has 11 heavy (non-hydrogen) atoms. The van der Waals surface area contributed by atoms with Gasteiger partial charge in [-0.1, -0.05) is 5.92 Å². The average molecular weight is 144 g/mol. The van der Waals surface area contributed by atoms with Gasteiger partial charge in [0.15, 0.2) is 0 Å². The minimum absolute atomic E-state index is 0.657. The number of nitrogens with zero attached hydrogens (tertiary/aromatic N) is 2. The van der Waals surface area contributed by atoms with E-state index in [9.17, 15) is 0 Å². The van der Waals surface area contributed by atoms with Crippen molar-refractivity contribution in [1.82, 2.24) is 9.97 Å². The van der Waals surface area contributed by atoms with E-state index >= 15 is 0 Å². The molecule has 2 rings (SSSR count). The van der Waals surface area contributed by atoms with Crippen molar-refractivity contribution in [3.05, 3.63) is 23.8 Å². The fraction of sp³-hybridized carbons (Fsp3) is 0.333. The predicted molar refractivity (Wildman–Crippen MR) is 41.9 cm³/mol. The monoisotopic (exact) mass is 144 g/mol. The molecular weight excluding hydrogens is 136 g/mol. The zero-order valence-electron chi connectivity index (χ0n) is 6.12. The Bertz CT molecular complexity index is 308. The Labute approximate surface area is 65.7 Å². The molecule has 0 bridgehead atoms. The van der Waals surface area contributed by atoms with Gasteiger partial charge in [0.1, 0.15) is 12.0 Å². The van der Waals surface area contributed by atoms with E-state index in [1.165, 1.54) is 12.8 Å². The maximum absolute atomic E-state index is 5.20. The summed E-state index contributed by atoms with van der Waals surface area (Å²) in [4.78, 5) is 8.06. The second-order valence-corrected chi connectivity index (χ2v) is 2.75. The van der Waals surface area contributed by atoms with Crippen molar-refractivity contribution in [2.24, 2.45) is 0 Å².